The molecular formula is C15H16F3NO3. The number of hydrogen-bond donors (Lipinski definition) is 1. The Bertz CT molecular complexity index is 550. The minimum absolute atomic E-state index is 0.0697. The van der Waals surface area contributed by atoms with Gasteiger partial charge in [-0.2, -0.15) is 13.2 Å². The van der Waals surface area contributed by atoms with E-state index in [9.17, 15) is 22.8 Å². The Balaban J connectivity index is 2.05. The number of benzene rings is 1. The third-order valence-corrected chi connectivity index (χ3v) is 3.47. The fourth-order valence-corrected chi connectivity index (χ4v) is 2.04. The Morgan fingerprint density at radius 2 is 1.86 bits per heavy atom. The first-order valence-corrected chi connectivity index (χ1v) is 6.85. The molecule has 0 bridgehead atoms. The predicted molar refractivity (Wildman–Crippen MR) is 71.8 cm³/mol. The molecule has 4 nitrogen and oxygen atoms in total. The Kier molecular flexibility index (Phi) is 4.73. The molecule has 1 saturated carbocycles. The summed E-state index contributed by atoms with van der Waals surface area (Å²) in [6.45, 7) is 0. The van der Waals surface area contributed by atoms with Crippen LogP contribution in [0.3, 0.4) is 0 Å². The highest BCUT2D eigenvalue weighted by Gasteiger charge is 2.33. The maximum absolute atomic E-state index is 12.5. The molecular weight excluding hydrogens is 299 g/mol. The Labute approximate surface area is 125 Å². The van der Waals surface area contributed by atoms with Gasteiger partial charge in [0.25, 0.3) is 0 Å². The quantitative estimate of drug-likeness (QED) is 0.849. The topological polar surface area (TPSA) is 55.4 Å². The van der Waals surface area contributed by atoms with Crippen molar-refractivity contribution in [2.75, 3.05) is 7.11 Å². The summed E-state index contributed by atoms with van der Waals surface area (Å²) in [4.78, 5) is 23.4. The van der Waals surface area contributed by atoms with Crippen LogP contribution in [-0.4, -0.2) is 25.0 Å². The van der Waals surface area contributed by atoms with E-state index in [1.165, 1.54) is 19.2 Å². The Morgan fingerprint density at radius 3 is 2.32 bits per heavy atom. The summed E-state index contributed by atoms with van der Waals surface area (Å²) in [5, 5.41) is 2.59. The Morgan fingerprint density at radius 1 is 1.27 bits per heavy atom. The first-order valence-electron chi connectivity index (χ1n) is 6.85. The summed E-state index contributed by atoms with van der Waals surface area (Å²) >= 11 is 0. The van der Waals surface area contributed by atoms with E-state index in [2.05, 4.69) is 10.1 Å². The first kappa shape index (κ1) is 16.3. The number of amides is 1. The number of carbonyl (C=O) groups excluding carboxylic acids is 2. The second-order valence-corrected chi connectivity index (χ2v) is 5.26. The summed E-state index contributed by atoms with van der Waals surface area (Å²) in [5.41, 5.74) is -0.243. The molecule has 0 unspecified atom stereocenters. The van der Waals surface area contributed by atoms with Gasteiger partial charge >= 0.3 is 12.1 Å². The van der Waals surface area contributed by atoms with E-state index in [-0.39, 0.29) is 18.2 Å². The summed E-state index contributed by atoms with van der Waals surface area (Å²) in [7, 11) is 1.20. The maximum atomic E-state index is 12.5. The highest BCUT2D eigenvalue weighted by atomic mass is 19.4. The monoisotopic (exact) mass is 315 g/mol. The van der Waals surface area contributed by atoms with E-state index in [0.29, 0.717) is 5.56 Å². The minimum Gasteiger partial charge on any atom is -0.467 e. The highest BCUT2D eigenvalue weighted by Crippen LogP contribution is 2.30. The Hall–Kier alpha value is -2.05. The van der Waals surface area contributed by atoms with Crippen LogP contribution in [0.1, 0.15) is 24.0 Å². The van der Waals surface area contributed by atoms with Crippen LogP contribution in [0.2, 0.25) is 0 Å². The van der Waals surface area contributed by atoms with Gasteiger partial charge in [-0.05, 0) is 30.5 Å². The maximum Gasteiger partial charge on any atom is 0.416 e. The van der Waals surface area contributed by atoms with Crippen molar-refractivity contribution in [3.05, 3.63) is 35.4 Å². The molecule has 7 heteroatoms. The third kappa shape index (κ3) is 4.22. The van der Waals surface area contributed by atoms with E-state index in [0.717, 1.165) is 25.0 Å². The average molecular weight is 315 g/mol. The van der Waals surface area contributed by atoms with E-state index < -0.39 is 23.8 Å². The zero-order chi connectivity index (χ0) is 16.3. The average Bonchev–Trinajstić information content (AvgIpc) is 3.30. The van der Waals surface area contributed by atoms with Gasteiger partial charge < -0.3 is 10.1 Å². The van der Waals surface area contributed by atoms with Gasteiger partial charge in [0, 0.05) is 12.3 Å². The van der Waals surface area contributed by atoms with Crippen LogP contribution in [-0.2, 0) is 26.9 Å². The van der Waals surface area contributed by atoms with E-state index in [1.54, 1.807) is 0 Å². The SMILES string of the molecule is COC(=O)[C@@H](Cc1ccc(C(F)(F)F)cc1)NC(=O)C1CC1. The molecule has 1 amide bonds. The van der Waals surface area contributed by atoms with Gasteiger partial charge in [0.2, 0.25) is 5.91 Å². The van der Waals surface area contributed by atoms with Crippen LogP contribution in [0, 0.1) is 5.92 Å². The number of carbonyl (C=O) groups is 2. The lowest BCUT2D eigenvalue weighted by atomic mass is 10.0. The molecule has 2 rings (SSSR count). The number of rotatable bonds is 5. The zero-order valence-corrected chi connectivity index (χ0v) is 11.9. The molecule has 0 radical (unpaired) electrons. The van der Waals surface area contributed by atoms with Gasteiger partial charge in [0.1, 0.15) is 6.04 Å². The van der Waals surface area contributed by atoms with Gasteiger partial charge in [-0.25, -0.2) is 4.79 Å². The second kappa shape index (κ2) is 6.37. The van der Waals surface area contributed by atoms with Crippen LogP contribution < -0.4 is 5.32 Å². The molecule has 1 atom stereocenters. The van der Waals surface area contributed by atoms with E-state index >= 15 is 0 Å². The number of methoxy groups -OCH3 is 1. The van der Waals surface area contributed by atoms with Crippen molar-refractivity contribution in [1.29, 1.82) is 0 Å². The number of alkyl halides is 3. The molecule has 120 valence electrons. The second-order valence-electron chi connectivity index (χ2n) is 5.26. The highest BCUT2D eigenvalue weighted by molar-refractivity contribution is 5.87. The smallest absolute Gasteiger partial charge is 0.416 e. The van der Waals surface area contributed by atoms with E-state index in [1.807, 2.05) is 0 Å². The summed E-state index contributed by atoms with van der Waals surface area (Å²) in [5.74, 6) is -0.907. The van der Waals surface area contributed by atoms with Crippen molar-refractivity contribution in [2.45, 2.75) is 31.5 Å². The van der Waals surface area contributed by atoms with Crippen LogP contribution in [0.5, 0.6) is 0 Å². The van der Waals surface area contributed by atoms with Gasteiger partial charge in [0.15, 0.2) is 0 Å². The number of halogens is 3. The summed E-state index contributed by atoms with van der Waals surface area (Å²) in [6.07, 6.45) is -2.73. The summed E-state index contributed by atoms with van der Waals surface area (Å²) in [6, 6.07) is 3.60. The van der Waals surface area contributed by atoms with Gasteiger partial charge in [-0.1, -0.05) is 12.1 Å². The summed E-state index contributed by atoms with van der Waals surface area (Å²) < 4.78 is 42.1. The number of ether oxygens (including phenoxy) is 1. The molecule has 0 spiro atoms. The number of hydrogen-bond acceptors (Lipinski definition) is 3. The third-order valence-electron chi connectivity index (χ3n) is 3.47. The molecule has 1 aliphatic carbocycles. The zero-order valence-electron chi connectivity index (χ0n) is 11.9. The lowest BCUT2D eigenvalue weighted by molar-refractivity contribution is -0.145. The van der Waals surface area contributed by atoms with Gasteiger partial charge in [0.05, 0.1) is 12.7 Å². The normalized spacial score (nSPS) is 16.0. The molecule has 1 N–H and O–H groups in total. The van der Waals surface area contributed by atoms with Gasteiger partial charge in [-0.3, -0.25) is 4.79 Å². The lowest BCUT2D eigenvalue weighted by Crippen LogP contribution is -2.43. The molecule has 0 saturated heterocycles. The van der Waals surface area contributed by atoms with Gasteiger partial charge in [-0.15, -0.1) is 0 Å². The minimum atomic E-state index is -4.40. The first-order chi connectivity index (χ1) is 10.3. The molecule has 0 heterocycles. The molecule has 1 aromatic rings. The van der Waals surface area contributed by atoms with Crippen molar-refractivity contribution >= 4 is 11.9 Å². The molecule has 1 fully saturated rings. The van der Waals surface area contributed by atoms with Crippen LogP contribution in [0.25, 0.3) is 0 Å². The molecule has 1 aliphatic rings. The van der Waals surface area contributed by atoms with Crippen molar-refractivity contribution in [3.63, 3.8) is 0 Å². The van der Waals surface area contributed by atoms with Crippen molar-refractivity contribution in [3.8, 4) is 0 Å². The largest absolute Gasteiger partial charge is 0.467 e. The predicted octanol–water partition coefficient (Wildman–Crippen LogP) is 2.32. The standard InChI is InChI=1S/C15H16F3NO3/c1-22-14(21)12(19-13(20)10-4-5-10)8-9-2-6-11(7-3-9)15(16,17)18/h2-3,6-7,10,12H,4-5,8H2,1H3,(H,19,20)/t12-/m1/s1. The van der Waals surface area contributed by atoms with Crippen molar-refractivity contribution in [2.24, 2.45) is 5.92 Å². The van der Waals surface area contributed by atoms with E-state index in [4.69, 9.17) is 0 Å². The molecule has 22 heavy (non-hydrogen) atoms. The van der Waals surface area contributed by atoms with Crippen LogP contribution in [0.15, 0.2) is 24.3 Å². The fraction of sp³-hybridized carbons (Fsp3) is 0.467. The molecule has 0 aliphatic heterocycles. The van der Waals surface area contributed by atoms with Crippen molar-refractivity contribution < 1.29 is 27.5 Å². The number of esters is 1. The molecule has 1 aromatic carbocycles. The molecule has 0 aromatic heterocycles. The fourth-order valence-electron chi connectivity index (χ4n) is 2.04. The van der Waals surface area contributed by atoms with Crippen LogP contribution in [0.4, 0.5) is 13.2 Å². The number of nitrogens with one attached hydrogen (secondary N) is 1. The van der Waals surface area contributed by atoms with Crippen LogP contribution >= 0.6 is 0 Å². The van der Waals surface area contributed by atoms with Crippen molar-refractivity contribution in [1.82, 2.24) is 5.32 Å². The lowest BCUT2D eigenvalue weighted by Gasteiger charge is -2.17.